The Morgan fingerprint density at radius 3 is 2.41 bits per heavy atom. The van der Waals surface area contributed by atoms with E-state index < -0.39 is 15.8 Å². The van der Waals surface area contributed by atoms with Crippen molar-refractivity contribution in [1.82, 2.24) is 23.9 Å². The zero-order valence-corrected chi connectivity index (χ0v) is 25.0. The summed E-state index contributed by atoms with van der Waals surface area (Å²) < 4.78 is 49.7. The molecule has 1 aliphatic carbocycles. The molecule has 0 atom stereocenters. The first-order valence-electron chi connectivity index (χ1n) is 14.7. The van der Waals surface area contributed by atoms with Gasteiger partial charge in [0.1, 0.15) is 17.4 Å². The van der Waals surface area contributed by atoms with Crippen LogP contribution in [0.3, 0.4) is 0 Å². The Morgan fingerprint density at radius 2 is 1.75 bits per heavy atom. The number of carbonyl (C=O) groups is 1. The molecule has 2 fully saturated rings. The number of aryl methyl sites for hydroxylation is 1. The molecule has 0 amide bonds. The van der Waals surface area contributed by atoms with E-state index in [0.717, 1.165) is 31.5 Å². The van der Waals surface area contributed by atoms with Crippen LogP contribution in [-0.4, -0.2) is 57.8 Å². The molecule has 2 aliphatic rings. The first-order chi connectivity index (χ1) is 20.7. The van der Waals surface area contributed by atoms with Crippen LogP contribution < -0.4 is 10.3 Å². The van der Waals surface area contributed by atoms with Crippen molar-refractivity contribution in [1.29, 1.82) is 0 Å². The van der Waals surface area contributed by atoms with Crippen LogP contribution in [0.1, 0.15) is 80.7 Å². The largest absolute Gasteiger partial charge is 0.493 e. The van der Waals surface area contributed by atoms with Crippen LogP contribution in [0.5, 0.6) is 5.75 Å². The minimum absolute atomic E-state index is 0. The number of Topliss-reactive ketones (excluding diaryl/α,β-unsaturated/α-hetero) is 1. The molecule has 2 aromatic heterocycles. The molecule has 10 nitrogen and oxygen atoms in total. The summed E-state index contributed by atoms with van der Waals surface area (Å²) in [6.07, 6.45) is 4.87. The van der Waals surface area contributed by atoms with Crippen LogP contribution in [0, 0.1) is 18.7 Å². The van der Waals surface area contributed by atoms with Gasteiger partial charge in [-0.25, -0.2) is 22.3 Å². The number of ether oxygens (including phenoxy) is 1. The summed E-state index contributed by atoms with van der Waals surface area (Å²) in [4.78, 5) is 33.7. The lowest BCUT2D eigenvalue weighted by atomic mass is 9.90. The topological polar surface area (TPSA) is 127 Å². The Labute approximate surface area is 256 Å². The fourth-order valence-electron chi connectivity index (χ4n) is 6.26. The van der Waals surface area contributed by atoms with Gasteiger partial charge < -0.3 is 9.72 Å². The molecule has 2 aromatic carbocycles. The molecule has 4 aromatic rings. The van der Waals surface area contributed by atoms with E-state index in [1.165, 1.54) is 40.7 Å². The number of rotatable bonds is 8. The van der Waals surface area contributed by atoms with E-state index in [9.17, 15) is 22.4 Å². The van der Waals surface area contributed by atoms with Crippen molar-refractivity contribution in [3.63, 3.8) is 0 Å². The van der Waals surface area contributed by atoms with Gasteiger partial charge in [-0.05, 0) is 82.0 Å². The number of sulfonamides is 1. The van der Waals surface area contributed by atoms with Crippen molar-refractivity contribution in [2.45, 2.75) is 70.6 Å². The van der Waals surface area contributed by atoms with Crippen LogP contribution in [0.2, 0.25) is 0 Å². The molecule has 0 bridgehead atoms. The first kappa shape index (κ1) is 31.5. The summed E-state index contributed by atoms with van der Waals surface area (Å²) in [6, 6.07) is 9.97. The Bertz CT molecular complexity index is 1840. The standard InChI is InChI=1S/C31H34FN5O5S.CH4/c1-3-42-26-13-12-24(43(40,41)36-16-14-21(15-17-36)28(38)20-8-10-23(32)11-9-20)18-25(26)29-34-31(39)27-19(2)33-30(37(27)35-29)22-6-4-5-7-22;/h8-13,18,21-22H,3-7,14-17H2,1-2H3,(H,34,35,39);1H4. The van der Waals surface area contributed by atoms with Gasteiger partial charge in [-0.15, -0.1) is 5.10 Å². The average Bonchev–Trinajstić information content (AvgIpc) is 3.66. The number of ketones is 1. The van der Waals surface area contributed by atoms with Gasteiger partial charge in [0, 0.05) is 30.5 Å². The number of piperidine rings is 1. The number of aromatic amines is 1. The molecular weight excluding hydrogens is 585 g/mol. The van der Waals surface area contributed by atoms with Gasteiger partial charge in [0.25, 0.3) is 5.56 Å². The molecule has 0 spiro atoms. The van der Waals surface area contributed by atoms with Crippen molar-refractivity contribution < 1.29 is 22.3 Å². The van der Waals surface area contributed by atoms with E-state index in [1.807, 2.05) is 6.92 Å². The number of H-pyrrole nitrogens is 1. The molecule has 0 unspecified atom stereocenters. The van der Waals surface area contributed by atoms with Crippen LogP contribution >= 0.6 is 0 Å². The minimum Gasteiger partial charge on any atom is -0.493 e. The van der Waals surface area contributed by atoms with Gasteiger partial charge in [-0.2, -0.15) is 4.31 Å². The van der Waals surface area contributed by atoms with Crippen LogP contribution in [0.4, 0.5) is 4.39 Å². The van der Waals surface area contributed by atoms with E-state index in [4.69, 9.17) is 14.8 Å². The molecule has 6 rings (SSSR count). The van der Waals surface area contributed by atoms with E-state index in [1.54, 1.807) is 17.5 Å². The second-order valence-electron chi connectivity index (χ2n) is 11.2. The summed E-state index contributed by atoms with van der Waals surface area (Å²) in [6.45, 7) is 4.28. The van der Waals surface area contributed by atoms with Gasteiger partial charge in [0.05, 0.1) is 22.8 Å². The smallest absolute Gasteiger partial charge is 0.277 e. The predicted octanol–water partition coefficient (Wildman–Crippen LogP) is 5.51. The molecule has 44 heavy (non-hydrogen) atoms. The second kappa shape index (κ2) is 12.6. The predicted molar refractivity (Wildman–Crippen MR) is 165 cm³/mol. The summed E-state index contributed by atoms with van der Waals surface area (Å²) in [7, 11) is -3.94. The van der Waals surface area contributed by atoms with E-state index >= 15 is 0 Å². The third kappa shape index (κ3) is 5.80. The lowest BCUT2D eigenvalue weighted by molar-refractivity contribution is 0.0875. The van der Waals surface area contributed by atoms with Gasteiger partial charge >= 0.3 is 0 Å². The number of nitrogens with one attached hydrogen (secondary N) is 1. The molecule has 1 saturated heterocycles. The van der Waals surface area contributed by atoms with Crippen LogP contribution in [0.25, 0.3) is 16.9 Å². The summed E-state index contributed by atoms with van der Waals surface area (Å²) in [5.74, 6) is 0.668. The highest BCUT2D eigenvalue weighted by Gasteiger charge is 2.33. The molecule has 1 saturated carbocycles. The number of benzene rings is 2. The van der Waals surface area contributed by atoms with E-state index in [0.29, 0.717) is 47.5 Å². The quantitative estimate of drug-likeness (QED) is 0.257. The normalized spacial score (nSPS) is 16.7. The average molecular weight is 624 g/mol. The van der Waals surface area contributed by atoms with Crippen LogP contribution in [0.15, 0.2) is 52.2 Å². The molecule has 3 heterocycles. The number of imidazole rings is 1. The van der Waals surface area contributed by atoms with Crippen molar-refractivity contribution in [2.75, 3.05) is 19.7 Å². The van der Waals surface area contributed by atoms with Crippen molar-refractivity contribution in [2.24, 2.45) is 5.92 Å². The highest BCUT2D eigenvalue weighted by atomic mass is 32.2. The number of halogens is 1. The Morgan fingerprint density at radius 1 is 1.07 bits per heavy atom. The maximum atomic E-state index is 13.8. The first-order valence-corrected chi connectivity index (χ1v) is 16.2. The monoisotopic (exact) mass is 623 g/mol. The fourth-order valence-corrected chi connectivity index (χ4v) is 7.75. The fraction of sp³-hybridized carbons (Fsp3) is 0.438. The molecule has 0 radical (unpaired) electrons. The zero-order valence-electron chi connectivity index (χ0n) is 24.2. The van der Waals surface area contributed by atoms with Crippen molar-refractivity contribution >= 4 is 21.3 Å². The van der Waals surface area contributed by atoms with Crippen molar-refractivity contribution in [3.8, 4) is 17.1 Å². The number of hydrogen-bond acceptors (Lipinski definition) is 7. The Balaban J connectivity index is 0.00000384. The number of hydrogen-bond donors (Lipinski definition) is 1. The van der Waals surface area contributed by atoms with Gasteiger partial charge in [-0.1, -0.05) is 20.3 Å². The SMILES string of the molecule is C.CCOc1ccc(S(=O)(=O)N2CCC(C(=O)c3ccc(F)cc3)CC2)cc1-c1nn2c(C3CCCC3)nc(C)c2c(=O)[nH]1. The highest BCUT2D eigenvalue weighted by molar-refractivity contribution is 7.89. The maximum absolute atomic E-state index is 13.8. The maximum Gasteiger partial charge on any atom is 0.277 e. The van der Waals surface area contributed by atoms with E-state index in [2.05, 4.69) is 4.98 Å². The lowest BCUT2D eigenvalue weighted by Gasteiger charge is -2.30. The highest BCUT2D eigenvalue weighted by Crippen LogP contribution is 2.35. The summed E-state index contributed by atoms with van der Waals surface area (Å²) in [5.41, 5.74) is 1.40. The zero-order chi connectivity index (χ0) is 30.3. The molecule has 12 heteroatoms. The van der Waals surface area contributed by atoms with Gasteiger partial charge in [0.15, 0.2) is 17.1 Å². The summed E-state index contributed by atoms with van der Waals surface area (Å²) in [5, 5.41) is 4.76. The third-order valence-corrected chi connectivity index (χ3v) is 10.4. The van der Waals surface area contributed by atoms with E-state index in [-0.39, 0.29) is 54.4 Å². The minimum atomic E-state index is -3.94. The molecular formula is C32H38FN5O5S. The Hall–Kier alpha value is -3.90. The lowest BCUT2D eigenvalue weighted by Crippen LogP contribution is -2.40. The molecule has 1 aliphatic heterocycles. The van der Waals surface area contributed by atoms with Gasteiger partial charge in [0.2, 0.25) is 10.0 Å². The molecule has 234 valence electrons. The Kier molecular flexibility index (Phi) is 9.03. The van der Waals surface area contributed by atoms with Crippen LogP contribution in [-0.2, 0) is 10.0 Å². The molecule has 1 N–H and O–H groups in total. The van der Waals surface area contributed by atoms with Gasteiger partial charge in [-0.3, -0.25) is 9.59 Å². The summed E-state index contributed by atoms with van der Waals surface area (Å²) >= 11 is 0. The second-order valence-corrected chi connectivity index (χ2v) is 13.2. The number of fused-ring (bicyclic) bond motifs is 1. The number of nitrogens with zero attached hydrogens (tertiary/aromatic N) is 4. The third-order valence-electron chi connectivity index (χ3n) is 8.52. The number of carbonyl (C=O) groups excluding carboxylic acids is 1. The van der Waals surface area contributed by atoms with Crippen molar-refractivity contribution in [3.05, 3.63) is 75.7 Å². The number of aromatic nitrogens is 4.